The van der Waals surface area contributed by atoms with Crippen molar-refractivity contribution < 1.29 is 19.1 Å². The molecule has 0 fully saturated rings. The van der Waals surface area contributed by atoms with Crippen LogP contribution in [-0.2, 0) is 14.3 Å². The molecule has 0 aliphatic rings. The van der Waals surface area contributed by atoms with Crippen molar-refractivity contribution in [1.82, 2.24) is 0 Å². The number of ether oxygens (including phenoxy) is 2. The molecule has 0 bridgehead atoms. The summed E-state index contributed by atoms with van der Waals surface area (Å²) in [6, 6.07) is 18.7. The maximum Gasteiger partial charge on any atom is 0.372 e. The van der Waals surface area contributed by atoms with Crippen molar-refractivity contribution in [2.75, 3.05) is 14.2 Å². The van der Waals surface area contributed by atoms with Gasteiger partial charge < -0.3 is 9.47 Å². The first-order valence-corrected chi connectivity index (χ1v) is 8.06. The van der Waals surface area contributed by atoms with E-state index < -0.39 is 5.97 Å². The number of hydrogen-bond acceptors (Lipinski definition) is 4. The van der Waals surface area contributed by atoms with Crippen molar-refractivity contribution in [3.8, 4) is 0 Å². The van der Waals surface area contributed by atoms with Crippen molar-refractivity contribution in [2.45, 2.75) is 12.8 Å². The molecule has 0 aromatic heterocycles. The number of benzene rings is 2. The lowest BCUT2D eigenvalue weighted by molar-refractivity contribution is -0.139. The second kappa shape index (κ2) is 8.83. The molecule has 2 aromatic carbocycles. The molecular weight excluding hydrogens is 316 g/mol. The topological polar surface area (TPSA) is 52.6 Å². The van der Waals surface area contributed by atoms with Crippen LogP contribution in [0, 0.1) is 5.92 Å². The van der Waals surface area contributed by atoms with Gasteiger partial charge in [-0.05, 0) is 11.6 Å². The van der Waals surface area contributed by atoms with Crippen LogP contribution in [-0.4, -0.2) is 26.0 Å². The van der Waals surface area contributed by atoms with Gasteiger partial charge in [0.15, 0.2) is 5.78 Å². The van der Waals surface area contributed by atoms with E-state index in [4.69, 9.17) is 9.47 Å². The van der Waals surface area contributed by atoms with Gasteiger partial charge in [0.05, 0.1) is 14.2 Å². The molecule has 0 aliphatic heterocycles. The highest BCUT2D eigenvalue weighted by atomic mass is 16.6. The molecule has 4 nitrogen and oxygen atoms in total. The summed E-state index contributed by atoms with van der Waals surface area (Å²) in [7, 11) is 2.71. The van der Waals surface area contributed by atoms with Crippen LogP contribution < -0.4 is 0 Å². The van der Waals surface area contributed by atoms with E-state index in [0.29, 0.717) is 5.56 Å². The SMILES string of the molecule is COC(=O)/C(=C/C(c1ccccc1)C(C)C(=O)c1ccccc1)OC. The normalized spacial score (nSPS) is 13.6. The van der Waals surface area contributed by atoms with E-state index in [1.807, 2.05) is 55.5 Å². The van der Waals surface area contributed by atoms with Crippen LogP contribution in [0.3, 0.4) is 0 Å². The van der Waals surface area contributed by atoms with E-state index in [-0.39, 0.29) is 23.4 Å². The van der Waals surface area contributed by atoms with Crippen LogP contribution in [0.25, 0.3) is 0 Å². The van der Waals surface area contributed by atoms with Crippen molar-refractivity contribution in [2.24, 2.45) is 5.92 Å². The summed E-state index contributed by atoms with van der Waals surface area (Å²) in [6.07, 6.45) is 1.66. The number of methoxy groups -OCH3 is 2. The third kappa shape index (κ3) is 4.57. The molecule has 0 amide bonds. The Labute approximate surface area is 148 Å². The lowest BCUT2D eigenvalue weighted by Gasteiger charge is -2.21. The number of ketones is 1. The molecule has 0 saturated carbocycles. The zero-order chi connectivity index (χ0) is 18.2. The van der Waals surface area contributed by atoms with Crippen LogP contribution in [0.15, 0.2) is 72.5 Å². The Bertz CT molecular complexity index is 735. The molecule has 2 rings (SSSR count). The zero-order valence-electron chi connectivity index (χ0n) is 14.6. The minimum absolute atomic E-state index is 0.00558. The van der Waals surface area contributed by atoms with Crippen molar-refractivity contribution in [3.63, 3.8) is 0 Å². The fourth-order valence-corrected chi connectivity index (χ4v) is 2.72. The second-order valence-electron chi connectivity index (χ2n) is 5.68. The Morgan fingerprint density at radius 3 is 1.96 bits per heavy atom. The number of rotatable bonds is 7. The zero-order valence-corrected chi connectivity index (χ0v) is 14.6. The lowest BCUT2D eigenvalue weighted by atomic mass is 9.82. The molecule has 0 spiro atoms. The van der Waals surface area contributed by atoms with Gasteiger partial charge in [-0.15, -0.1) is 0 Å². The molecule has 130 valence electrons. The van der Waals surface area contributed by atoms with Crippen LogP contribution >= 0.6 is 0 Å². The van der Waals surface area contributed by atoms with Crippen LogP contribution in [0.4, 0.5) is 0 Å². The number of allylic oxidation sites excluding steroid dienone is 1. The van der Waals surface area contributed by atoms with Gasteiger partial charge in [-0.3, -0.25) is 4.79 Å². The molecule has 2 unspecified atom stereocenters. The highest BCUT2D eigenvalue weighted by molar-refractivity contribution is 5.98. The predicted octanol–water partition coefficient (Wildman–Crippen LogP) is 3.99. The molecule has 25 heavy (non-hydrogen) atoms. The van der Waals surface area contributed by atoms with Crippen LogP contribution in [0.2, 0.25) is 0 Å². The van der Waals surface area contributed by atoms with Crippen LogP contribution in [0.5, 0.6) is 0 Å². The first kappa shape index (κ1) is 18.5. The number of hydrogen-bond donors (Lipinski definition) is 0. The standard InChI is InChI=1S/C21H22O4/c1-15(20(22)17-12-8-5-9-13-17)18(16-10-6-4-7-11-16)14-19(24-2)21(23)25-3/h4-15,18H,1-3H3/b19-14-. The maximum absolute atomic E-state index is 12.9. The quantitative estimate of drug-likeness (QED) is 0.331. The van der Waals surface area contributed by atoms with Gasteiger partial charge in [-0.1, -0.05) is 67.6 Å². The number of carbonyl (C=O) groups is 2. The average molecular weight is 338 g/mol. The number of carbonyl (C=O) groups excluding carboxylic acids is 2. The van der Waals surface area contributed by atoms with E-state index >= 15 is 0 Å². The average Bonchev–Trinajstić information content (AvgIpc) is 2.68. The molecule has 0 saturated heterocycles. The van der Waals surface area contributed by atoms with E-state index in [1.165, 1.54) is 14.2 Å². The predicted molar refractivity (Wildman–Crippen MR) is 96.2 cm³/mol. The molecule has 0 radical (unpaired) electrons. The Balaban J connectivity index is 2.43. The summed E-state index contributed by atoms with van der Waals surface area (Å²) in [5.41, 5.74) is 1.57. The highest BCUT2D eigenvalue weighted by Gasteiger charge is 2.27. The smallest absolute Gasteiger partial charge is 0.372 e. The fourth-order valence-electron chi connectivity index (χ4n) is 2.72. The molecule has 4 heteroatoms. The molecule has 0 aliphatic carbocycles. The lowest BCUT2D eigenvalue weighted by Crippen LogP contribution is -2.20. The highest BCUT2D eigenvalue weighted by Crippen LogP contribution is 2.30. The minimum atomic E-state index is -0.567. The first-order chi connectivity index (χ1) is 12.1. The Morgan fingerprint density at radius 2 is 1.44 bits per heavy atom. The maximum atomic E-state index is 12.9. The Morgan fingerprint density at radius 1 is 0.880 bits per heavy atom. The molecule has 2 atom stereocenters. The third-order valence-corrected chi connectivity index (χ3v) is 4.13. The van der Waals surface area contributed by atoms with Gasteiger partial charge in [-0.25, -0.2) is 4.79 Å². The minimum Gasteiger partial charge on any atom is -0.490 e. The second-order valence-corrected chi connectivity index (χ2v) is 5.68. The van der Waals surface area contributed by atoms with Crippen molar-refractivity contribution in [3.05, 3.63) is 83.6 Å². The van der Waals surface area contributed by atoms with Gasteiger partial charge >= 0.3 is 5.97 Å². The summed E-state index contributed by atoms with van der Waals surface area (Å²) < 4.78 is 9.91. The fraction of sp³-hybridized carbons (Fsp3) is 0.238. The Hall–Kier alpha value is -2.88. The number of Topliss-reactive ketones (excluding diaryl/α,β-unsaturated/α-hetero) is 1. The van der Waals surface area contributed by atoms with E-state index in [9.17, 15) is 9.59 Å². The van der Waals surface area contributed by atoms with Gasteiger partial charge in [0.25, 0.3) is 0 Å². The Kier molecular flexibility index (Phi) is 6.52. The molecule has 2 aromatic rings. The number of esters is 1. The first-order valence-electron chi connectivity index (χ1n) is 8.06. The van der Waals surface area contributed by atoms with Gasteiger partial charge in [0.2, 0.25) is 5.76 Å². The van der Waals surface area contributed by atoms with Crippen molar-refractivity contribution in [1.29, 1.82) is 0 Å². The molecule has 0 heterocycles. The van der Waals surface area contributed by atoms with E-state index in [2.05, 4.69) is 0 Å². The third-order valence-electron chi connectivity index (χ3n) is 4.13. The summed E-state index contributed by atoms with van der Waals surface area (Å²) >= 11 is 0. The summed E-state index contributed by atoms with van der Waals surface area (Å²) in [5, 5.41) is 0. The summed E-state index contributed by atoms with van der Waals surface area (Å²) in [6.45, 7) is 1.86. The van der Waals surface area contributed by atoms with Gasteiger partial charge in [0.1, 0.15) is 0 Å². The summed E-state index contributed by atoms with van der Waals surface area (Å²) in [4.78, 5) is 24.8. The monoisotopic (exact) mass is 338 g/mol. The van der Waals surface area contributed by atoms with Gasteiger partial charge in [0, 0.05) is 17.4 Å². The molecular formula is C21H22O4. The molecule has 0 N–H and O–H groups in total. The summed E-state index contributed by atoms with van der Waals surface area (Å²) in [5.74, 6) is -1.17. The van der Waals surface area contributed by atoms with Crippen LogP contribution in [0.1, 0.15) is 28.8 Å². The van der Waals surface area contributed by atoms with E-state index in [0.717, 1.165) is 5.56 Å². The van der Waals surface area contributed by atoms with E-state index in [1.54, 1.807) is 18.2 Å². The van der Waals surface area contributed by atoms with Crippen molar-refractivity contribution >= 4 is 11.8 Å². The van der Waals surface area contributed by atoms with Gasteiger partial charge in [-0.2, -0.15) is 0 Å². The largest absolute Gasteiger partial charge is 0.490 e.